The highest BCUT2D eigenvalue weighted by Gasteiger charge is 2.28. The van der Waals surface area contributed by atoms with Gasteiger partial charge >= 0.3 is 5.69 Å². The van der Waals surface area contributed by atoms with Gasteiger partial charge in [-0.05, 0) is 24.3 Å². The number of nitrogens with zero attached hydrogens (tertiary/aromatic N) is 5. The molecule has 0 spiro atoms. The molecule has 0 fully saturated rings. The summed E-state index contributed by atoms with van der Waals surface area (Å²) in [4.78, 5) is 23.0. The zero-order valence-electron chi connectivity index (χ0n) is 13.9. The van der Waals surface area contributed by atoms with Gasteiger partial charge in [-0.2, -0.15) is 0 Å². The van der Waals surface area contributed by atoms with Crippen LogP contribution in [0.4, 0.5) is 28.7 Å². The Balaban J connectivity index is 2.11. The minimum atomic E-state index is -0.441. The fraction of sp³-hybridized carbons (Fsp3) is 0.111. The number of para-hydroxylation sites is 2. The Labute approximate surface area is 145 Å². The van der Waals surface area contributed by atoms with E-state index in [1.165, 1.54) is 6.33 Å². The summed E-state index contributed by atoms with van der Waals surface area (Å²) in [6, 6.07) is 18.7. The van der Waals surface area contributed by atoms with Crippen LogP contribution in [0.15, 0.2) is 67.0 Å². The van der Waals surface area contributed by atoms with Crippen LogP contribution in [0.3, 0.4) is 0 Å². The third-order valence-electron chi connectivity index (χ3n) is 3.89. The lowest BCUT2D eigenvalue weighted by Gasteiger charge is -2.22. The Morgan fingerprint density at radius 3 is 1.56 bits per heavy atom. The van der Waals surface area contributed by atoms with Crippen molar-refractivity contribution in [1.29, 1.82) is 0 Å². The Hall–Kier alpha value is -3.48. The maximum atomic E-state index is 11.8. The quantitative estimate of drug-likeness (QED) is 0.519. The van der Waals surface area contributed by atoms with Crippen molar-refractivity contribution in [3.63, 3.8) is 0 Å². The van der Waals surface area contributed by atoms with Gasteiger partial charge in [-0.1, -0.05) is 36.4 Å². The molecule has 0 aliphatic rings. The van der Waals surface area contributed by atoms with Gasteiger partial charge in [0.2, 0.25) is 11.6 Å². The molecule has 0 bridgehead atoms. The van der Waals surface area contributed by atoms with Crippen LogP contribution in [0.5, 0.6) is 0 Å². The SMILES string of the molecule is CN(c1ccccc1)c1ncnc(N(C)c2ccccc2)c1[N+](=O)[O-]. The summed E-state index contributed by atoms with van der Waals surface area (Å²) >= 11 is 0. The predicted molar refractivity (Wildman–Crippen MR) is 97.7 cm³/mol. The molecular formula is C18H17N5O2. The normalized spacial score (nSPS) is 10.3. The second-order valence-corrected chi connectivity index (χ2v) is 5.42. The van der Waals surface area contributed by atoms with E-state index < -0.39 is 4.92 Å². The first-order valence-electron chi connectivity index (χ1n) is 7.66. The smallest absolute Gasteiger partial charge is 0.324 e. The molecule has 2 aromatic carbocycles. The molecule has 1 aromatic heterocycles. The first-order valence-corrected chi connectivity index (χ1v) is 7.66. The van der Waals surface area contributed by atoms with Crippen LogP contribution in [-0.4, -0.2) is 29.0 Å². The molecule has 126 valence electrons. The molecule has 0 radical (unpaired) electrons. The van der Waals surface area contributed by atoms with Gasteiger partial charge in [0.1, 0.15) is 6.33 Å². The number of aromatic nitrogens is 2. The second-order valence-electron chi connectivity index (χ2n) is 5.42. The number of hydrogen-bond acceptors (Lipinski definition) is 6. The molecule has 0 N–H and O–H groups in total. The average molecular weight is 335 g/mol. The van der Waals surface area contributed by atoms with Crippen molar-refractivity contribution in [3.05, 3.63) is 77.1 Å². The van der Waals surface area contributed by atoms with E-state index in [2.05, 4.69) is 9.97 Å². The molecule has 25 heavy (non-hydrogen) atoms. The molecule has 0 atom stereocenters. The zero-order chi connectivity index (χ0) is 17.8. The molecule has 0 saturated heterocycles. The Kier molecular flexibility index (Phi) is 4.56. The predicted octanol–water partition coefficient (Wildman–Crippen LogP) is 3.92. The molecule has 7 nitrogen and oxygen atoms in total. The number of anilines is 4. The van der Waals surface area contributed by atoms with Gasteiger partial charge in [0.15, 0.2) is 0 Å². The van der Waals surface area contributed by atoms with Crippen LogP contribution < -0.4 is 9.80 Å². The molecule has 0 aliphatic carbocycles. The molecule has 3 aromatic rings. The molecule has 0 amide bonds. The molecule has 0 unspecified atom stereocenters. The van der Waals surface area contributed by atoms with Crippen molar-refractivity contribution in [2.45, 2.75) is 0 Å². The molecule has 1 heterocycles. The standard InChI is InChI=1S/C18H17N5O2/c1-21(14-9-5-3-6-10-14)17-16(23(24)25)18(20-13-19-17)22(2)15-11-7-4-8-12-15/h3-13H,1-2H3. The van der Waals surface area contributed by atoms with E-state index in [1.54, 1.807) is 23.9 Å². The first-order chi connectivity index (χ1) is 12.1. The van der Waals surface area contributed by atoms with Gasteiger partial charge in [0, 0.05) is 25.5 Å². The largest absolute Gasteiger partial charge is 0.354 e. The highest BCUT2D eigenvalue weighted by atomic mass is 16.6. The maximum Gasteiger partial charge on any atom is 0.354 e. The lowest BCUT2D eigenvalue weighted by atomic mass is 10.2. The Bertz CT molecular complexity index is 807. The number of rotatable bonds is 5. The average Bonchev–Trinajstić information content (AvgIpc) is 2.67. The van der Waals surface area contributed by atoms with Crippen LogP contribution >= 0.6 is 0 Å². The van der Waals surface area contributed by atoms with E-state index in [9.17, 15) is 10.1 Å². The lowest BCUT2D eigenvalue weighted by Crippen LogP contribution is -2.18. The summed E-state index contributed by atoms with van der Waals surface area (Å²) in [5.74, 6) is 0.480. The van der Waals surface area contributed by atoms with Gasteiger partial charge in [-0.3, -0.25) is 10.1 Å². The summed E-state index contributed by atoms with van der Waals surface area (Å²) in [6.45, 7) is 0. The first kappa shape index (κ1) is 16.4. The third-order valence-corrected chi connectivity index (χ3v) is 3.89. The molecular weight excluding hydrogens is 318 g/mol. The van der Waals surface area contributed by atoms with Crippen LogP contribution in [0.2, 0.25) is 0 Å². The van der Waals surface area contributed by atoms with E-state index in [4.69, 9.17) is 0 Å². The van der Waals surface area contributed by atoms with Gasteiger partial charge in [-0.25, -0.2) is 9.97 Å². The Morgan fingerprint density at radius 2 is 1.20 bits per heavy atom. The minimum absolute atomic E-state index is 0.139. The van der Waals surface area contributed by atoms with Crippen LogP contribution in [0.1, 0.15) is 0 Å². The monoisotopic (exact) mass is 335 g/mol. The van der Waals surface area contributed by atoms with E-state index in [0.29, 0.717) is 0 Å². The topological polar surface area (TPSA) is 75.4 Å². The van der Waals surface area contributed by atoms with E-state index in [1.807, 2.05) is 60.7 Å². The highest BCUT2D eigenvalue weighted by molar-refractivity contribution is 5.78. The molecule has 7 heteroatoms. The van der Waals surface area contributed by atoms with Crippen molar-refractivity contribution in [2.75, 3.05) is 23.9 Å². The van der Waals surface area contributed by atoms with Crippen LogP contribution in [0, 0.1) is 10.1 Å². The van der Waals surface area contributed by atoms with Crippen molar-refractivity contribution in [3.8, 4) is 0 Å². The number of benzene rings is 2. The van der Waals surface area contributed by atoms with E-state index >= 15 is 0 Å². The number of nitro groups is 1. The summed E-state index contributed by atoms with van der Waals surface area (Å²) in [6.07, 6.45) is 1.34. The van der Waals surface area contributed by atoms with Gasteiger partial charge in [0.25, 0.3) is 0 Å². The fourth-order valence-corrected chi connectivity index (χ4v) is 2.56. The van der Waals surface area contributed by atoms with Gasteiger partial charge in [-0.15, -0.1) is 0 Å². The third kappa shape index (κ3) is 3.25. The van der Waals surface area contributed by atoms with Gasteiger partial charge in [0.05, 0.1) is 4.92 Å². The number of hydrogen-bond donors (Lipinski definition) is 0. The summed E-state index contributed by atoms with van der Waals surface area (Å²) in [5, 5.41) is 11.8. The van der Waals surface area contributed by atoms with Crippen molar-refractivity contribution in [2.24, 2.45) is 0 Å². The minimum Gasteiger partial charge on any atom is -0.324 e. The second kappa shape index (κ2) is 6.96. The van der Waals surface area contributed by atoms with Gasteiger partial charge < -0.3 is 9.80 Å². The van der Waals surface area contributed by atoms with Crippen LogP contribution in [0.25, 0.3) is 0 Å². The van der Waals surface area contributed by atoms with Crippen LogP contribution in [-0.2, 0) is 0 Å². The van der Waals surface area contributed by atoms with E-state index in [0.717, 1.165) is 11.4 Å². The molecule has 3 rings (SSSR count). The zero-order valence-corrected chi connectivity index (χ0v) is 13.9. The Morgan fingerprint density at radius 1 is 0.800 bits per heavy atom. The summed E-state index contributed by atoms with van der Waals surface area (Å²) in [5.41, 5.74) is 1.47. The fourth-order valence-electron chi connectivity index (χ4n) is 2.56. The maximum absolute atomic E-state index is 11.8. The van der Waals surface area contributed by atoms with Crippen molar-refractivity contribution >= 4 is 28.7 Å². The van der Waals surface area contributed by atoms with E-state index in [-0.39, 0.29) is 17.3 Å². The molecule has 0 saturated carbocycles. The summed E-state index contributed by atoms with van der Waals surface area (Å²) in [7, 11) is 3.49. The van der Waals surface area contributed by atoms with Crippen molar-refractivity contribution < 1.29 is 4.92 Å². The van der Waals surface area contributed by atoms with Crippen molar-refractivity contribution in [1.82, 2.24) is 9.97 Å². The molecule has 0 aliphatic heterocycles. The highest BCUT2D eigenvalue weighted by Crippen LogP contribution is 2.38. The lowest BCUT2D eigenvalue weighted by molar-refractivity contribution is -0.383. The summed E-state index contributed by atoms with van der Waals surface area (Å²) < 4.78 is 0.